The zero-order valence-corrected chi connectivity index (χ0v) is 19.4. The van der Waals surface area contributed by atoms with Gasteiger partial charge in [0.1, 0.15) is 5.69 Å². The van der Waals surface area contributed by atoms with E-state index in [1.54, 1.807) is 32.6 Å². The fourth-order valence-electron chi connectivity index (χ4n) is 4.11. The minimum atomic E-state index is -0.420. The molecule has 3 rings (SSSR count). The molecule has 0 radical (unpaired) electrons. The Morgan fingerprint density at radius 3 is 2.25 bits per heavy atom. The van der Waals surface area contributed by atoms with Gasteiger partial charge in [0.2, 0.25) is 5.91 Å². The monoisotopic (exact) mass is 439 g/mol. The number of esters is 1. The number of nitrogens with one attached hydrogen (secondary N) is 1. The van der Waals surface area contributed by atoms with E-state index in [9.17, 15) is 14.4 Å². The number of carbonyl (C=O) groups is 3. The van der Waals surface area contributed by atoms with E-state index >= 15 is 0 Å². The first-order chi connectivity index (χ1) is 15.3. The molecule has 1 aromatic heterocycles. The van der Waals surface area contributed by atoms with E-state index in [1.165, 1.54) is 5.56 Å². The summed E-state index contributed by atoms with van der Waals surface area (Å²) in [5, 5.41) is 0. The third-order valence-corrected chi connectivity index (χ3v) is 5.82. The highest BCUT2D eigenvalue weighted by Crippen LogP contribution is 2.22. The summed E-state index contributed by atoms with van der Waals surface area (Å²) in [6.07, 6.45) is 1.99. The highest BCUT2D eigenvalue weighted by atomic mass is 16.5. The van der Waals surface area contributed by atoms with Crippen LogP contribution in [-0.2, 0) is 16.0 Å². The molecule has 0 atom stereocenters. The molecule has 0 bridgehead atoms. The first-order valence-electron chi connectivity index (χ1n) is 11.3. The molecule has 1 N–H and O–H groups in total. The van der Waals surface area contributed by atoms with E-state index in [-0.39, 0.29) is 17.9 Å². The molecule has 0 spiro atoms. The van der Waals surface area contributed by atoms with Crippen molar-refractivity contribution in [2.75, 3.05) is 26.2 Å². The topological polar surface area (TPSA) is 82.7 Å². The summed E-state index contributed by atoms with van der Waals surface area (Å²) in [5.74, 6) is -0.430. The number of benzene rings is 1. The second-order valence-corrected chi connectivity index (χ2v) is 8.59. The molecule has 32 heavy (non-hydrogen) atoms. The summed E-state index contributed by atoms with van der Waals surface area (Å²) in [7, 11) is 0. The Kier molecular flexibility index (Phi) is 7.72. The Morgan fingerprint density at radius 1 is 1.00 bits per heavy atom. The predicted octanol–water partition coefficient (Wildman–Crippen LogP) is 3.50. The van der Waals surface area contributed by atoms with Gasteiger partial charge in [0.05, 0.1) is 11.7 Å². The molecule has 1 saturated heterocycles. The summed E-state index contributed by atoms with van der Waals surface area (Å²) in [4.78, 5) is 44.7. The van der Waals surface area contributed by atoms with Crippen LogP contribution in [0.5, 0.6) is 0 Å². The average Bonchev–Trinajstić information content (AvgIpc) is 3.07. The van der Waals surface area contributed by atoms with Crippen LogP contribution in [0.1, 0.15) is 64.4 Å². The number of ether oxygens (including phenoxy) is 1. The van der Waals surface area contributed by atoms with Gasteiger partial charge in [-0.25, -0.2) is 4.79 Å². The molecule has 0 aliphatic carbocycles. The van der Waals surface area contributed by atoms with Crippen molar-refractivity contribution >= 4 is 17.8 Å². The fraction of sp³-hybridized carbons (Fsp3) is 0.480. The van der Waals surface area contributed by atoms with Crippen LogP contribution in [0.4, 0.5) is 0 Å². The molecular weight excluding hydrogens is 406 g/mol. The van der Waals surface area contributed by atoms with E-state index in [0.717, 1.165) is 12.8 Å². The van der Waals surface area contributed by atoms with Crippen LogP contribution >= 0.6 is 0 Å². The minimum Gasteiger partial charge on any atom is -0.459 e. The van der Waals surface area contributed by atoms with Crippen molar-refractivity contribution < 1.29 is 19.1 Å². The highest BCUT2D eigenvalue weighted by Gasteiger charge is 2.29. The fourth-order valence-corrected chi connectivity index (χ4v) is 4.11. The van der Waals surface area contributed by atoms with E-state index in [2.05, 4.69) is 17.1 Å². The Labute approximate surface area is 189 Å². The first-order valence-corrected chi connectivity index (χ1v) is 11.3. The first kappa shape index (κ1) is 23.6. The molecule has 7 heteroatoms. The third kappa shape index (κ3) is 5.58. The molecule has 7 nitrogen and oxygen atoms in total. The molecule has 1 fully saturated rings. The minimum absolute atomic E-state index is 0.138. The Morgan fingerprint density at radius 2 is 1.62 bits per heavy atom. The van der Waals surface area contributed by atoms with Gasteiger partial charge in [-0.3, -0.25) is 9.59 Å². The molecule has 2 aromatic rings. The van der Waals surface area contributed by atoms with Gasteiger partial charge in [0.25, 0.3) is 5.91 Å². The highest BCUT2D eigenvalue weighted by molar-refractivity contribution is 6.00. The maximum Gasteiger partial charge on any atom is 0.340 e. The Bertz CT molecular complexity index is 957. The number of nitrogens with zero attached hydrogens (tertiary/aromatic N) is 2. The van der Waals surface area contributed by atoms with Gasteiger partial charge in [-0.1, -0.05) is 30.3 Å². The third-order valence-electron chi connectivity index (χ3n) is 5.82. The molecule has 172 valence electrons. The maximum atomic E-state index is 13.1. The van der Waals surface area contributed by atoms with Crippen LogP contribution in [-0.4, -0.2) is 64.9 Å². The standard InChI is InChI=1S/C25H33N3O4/c1-17(2)32-25(31)22-18(3)23(26-19(22)4)24(30)28-15-13-27(14-16-28)21(29)12-8-11-20-9-6-5-7-10-20/h5-7,9-10,17,26H,8,11-16H2,1-4H3. The zero-order valence-electron chi connectivity index (χ0n) is 19.4. The van der Waals surface area contributed by atoms with Gasteiger partial charge in [-0.15, -0.1) is 0 Å². The molecule has 0 unspecified atom stereocenters. The lowest BCUT2D eigenvalue weighted by molar-refractivity contribution is -0.132. The smallest absolute Gasteiger partial charge is 0.340 e. The number of aryl methyl sites for hydroxylation is 2. The average molecular weight is 440 g/mol. The van der Waals surface area contributed by atoms with E-state index in [4.69, 9.17) is 4.74 Å². The Balaban J connectivity index is 1.53. The van der Waals surface area contributed by atoms with E-state index in [1.807, 2.05) is 23.1 Å². The van der Waals surface area contributed by atoms with Gasteiger partial charge in [0.15, 0.2) is 0 Å². The van der Waals surface area contributed by atoms with Gasteiger partial charge in [0, 0.05) is 38.3 Å². The number of hydrogen-bond donors (Lipinski definition) is 1. The lowest BCUT2D eigenvalue weighted by Crippen LogP contribution is -2.50. The summed E-state index contributed by atoms with van der Waals surface area (Å²) in [5.41, 5.74) is 3.32. The van der Waals surface area contributed by atoms with E-state index < -0.39 is 5.97 Å². The summed E-state index contributed by atoms with van der Waals surface area (Å²) in [6, 6.07) is 10.2. The van der Waals surface area contributed by atoms with Gasteiger partial charge < -0.3 is 19.5 Å². The van der Waals surface area contributed by atoms with Crippen molar-refractivity contribution in [3.63, 3.8) is 0 Å². The van der Waals surface area contributed by atoms with Crippen molar-refractivity contribution in [3.05, 3.63) is 58.4 Å². The Hall–Kier alpha value is -3.09. The molecular formula is C25H33N3O4. The van der Waals surface area contributed by atoms with Crippen LogP contribution in [0.25, 0.3) is 0 Å². The van der Waals surface area contributed by atoms with E-state index in [0.29, 0.717) is 55.1 Å². The van der Waals surface area contributed by atoms with Crippen LogP contribution in [0.3, 0.4) is 0 Å². The zero-order chi connectivity index (χ0) is 23.3. The number of aromatic amines is 1. The predicted molar refractivity (Wildman–Crippen MR) is 123 cm³/mol. The van der Waals surface area contributed by atoms with Gasteiger partial charge in [-0.05, 0) is 51.7 Å². The van der Waals surface area contributed by atoms with Crippen molar-refractivity contribution in [3.8, 4) is 0 Å². The van der Waals surface area contributed by atoms with Crippen LogP contribution in [0, 0.1) is 13.8 Å². The largest absolute Gasteiger partial charge is 0.459 e. The van der Waals surface area contributed by atoms with Gasteiger partial charge >= 0.3 is 5.97 Å². The number of rotatable bonds is 7. The van der Waals surface area contributed by atoms with Crippen molar-refractivity contribution in [2.24, 2.45) is 0 Å². The van der Waals surface area contributed by atoms with Crippen molar-refractivity contribution in [2.45, 2.75) is 53.1 Å². The number of hydrogen-bond acceptors (Lipinski definition) is 4. The number of piperazine rings is 1. The molecule has 2 heterocycles. The van der Waals surface area contributed by atoms with Gasteiger partial charge in [-0.2, -0.15) is 0 Å². The normalized spacial score (nSPS) is 14.0. The second kappa shape index (κ2) is 10.5. The summed E-state index contributed by atoms with van der Waals surface area (Å²) >= 11 is 0. The summed E-state index contributed by atoms with van der Waals surface area (Å²) in [6.45, 7) is 9.13. The number of carbonyl (C=O) groups excluding carboxylic acids is 3. The number of H-pyrrole nitrogens is 1. The maximum absolute atomic E-state index is 13.1. The van der Waals surface area contributed by atoms with Crippen molar-refractivity contribution in [1.29, 1.82) is 0 Å². The molecule has 1 aromatic carbocycles. The second-order valence-electron chi connectivity index (χ2n) is 8.59. The SMILES string of the molecule is Cc1[nH]c(C(=O)N2CCN(C(=O)CCCc3ccccc3)CC2)c(C)c1C(=O)OC(C)C. The lowest BCUT2D eigenvalue weighted by Gasteiger charge is -2.34. The summed E-state index contributed by atoms with van der Waals surface area (Å²) < 4.78 is 5.31. The molecule has 0 saturated carbocycles. The van der Waals surface area contributed by atoms with Crippen molar-refractivity contribution in [1.82, 2.24) is 14.8 Å². The molecule has 1 aliphatic rings. The van der Waals surface area contributed by atoms with Crippen LogP contribution in [0.2, 0.25) is 0 Å². The molecule has 1 aliphatic heterocycles. The van der Waals surface area contributed by atoms with Crippen LogP contribution < -0.4 is 0 Å². The van der Waals surface area contributed by atoms with Crippen LogP contribution in [0.15, 0.2) is 30.3 Å². The number of amides is 2. The molecule has 2 amide bonds. The number of aromatic nitrogens is 1. The quantitative estimate of drug-likeness (QED) is 0.670. The lowest BCUT2D eigenvalue weighted by atomic mass is 10.1.